The zero-order valence-corrected chi connectivity index (χ0v) is 17.5. The lowest BCUT2D eigenvalue weighted by molar-refractivity contribution is -0.174. The topological polar surface area (TPSA) is 75.3 Å². The van der Waals surface area contributed by atoms with Crippen molar-refractivity contribution in [3.63, 3.8) is 0 Å². The predicted octanol–water partition coefficient (Wildman–Crippen LogP) is 4.12. The van der Waals surface area contributed by atoms with Gasteiger partial charge in [-0.3, -0.25) is 4.79 Å². The summed E-state index contributed by atoms with van der Waals surface area (Å²) in [5.74, 6) is -1.05. The Labute approximate surface area is 162 Å². The number of alkyl halides is 3. The molecular formula is C17H24ClF3N2O3S. The fraction of sp³-hybridized carbons (Fsp3) is 0.588. The highest BCUT2D eigenvalue weighted by Gasteiger charge is 2.47. The molecule has 0 saturated carbocycles. The van der Waals surface area contributed by atoms with E-state index in [1.54, 1.807) is 20.8 Å². The highest BCUT2D eigenvalue weighted by Crippen LogP contribution is 2.33. The molecule has 0 aromatic heterocycles. The molecule has 154 valence electrons. The molecule has 10 heteroatoms. The molecule has 0 bridgehead atoms. The van der Waals surface area contributed by atoms with E-state index in [1.165, 1.54) is 26.8 Å². The Kier molecular flexibility index (Phi) is 6.67. The second-order valence-corrected chi connectivity index (χ2v) is 10.4. The second kappa shape index (κ2) is 7.60. The molecule has 5 nitrogen and oxygen atoms in total. The molecule has 1 amide bonds. The number of rotatable bonds is 4. The number of benzene rings is 1. The first-order valence-electron chi connectivity index (χ1n) is 8.06. The monoisotopic (exact) mass is 428 g/mol. The van der Waals surface area contributed by atoms with E-state index >= 15 is 0 Å². The van der Waals surface area contributed by atoms with Crippen LogP contribution in [-0.2, 0) is 10.0 Å². The lowest BCUT2D eigenvalue weighted by Crippen LogP contribution is -2.53. The number of carbonyl (C=O) groups excluding carboxylic acids is 1. The third kappa shape index (κ3) is 6.65. The minimum absolute atomic E-state index is 0.147. The maximum atomic E-state index is 13.3. The van der Waals surface area contributed by atoms with Crippen molar-refractivity contribution in [1.29, 1.82) is 0 Å². The molecule has 0 heterocycles. The van der Waals surface area contributed by atoms with E-state index < -0.39 is 39.1 Å². The number of nitrogens with one attached hydrogen (secondary N) is 2. The van der Waals surface area contributed by atoms with Gasteiger partial charge >= 0.3 is 6.18 Å². The summed E-state index contributed by atoms with van der Waals surface area (Å²) >= 11 is 5.93. The third-order valence-electron chi connectivity index (χ3n) is 3.39. The maximum absolute atomic E-state index is 13.3. The summed E-state index contributed by atoms with van der Waals surface area (Å²) in [4.78, 5) is 12.0. The molecule has 0 radical (unpaired) electrons. The zero-order chi connectivity index (χ0) is 21.4. The van der Waals surface area contributed by atoms with Gasteiger partial charge in [-0.1, -0.05) is 32.4 Å². The van der Waals surface area contributed by atoms with Crippen molar-refractivity contribution < 1.29 is 26.4 Å². The Morgan fingerprint density at radius 1 is 1.07 bits per heavy atom. The van der Waals surface area contributed by atoms with Crippen LogP contribution >= 0.6 is 11.6 Å². The largest absolute Gasteiger partial charge is 0.409 e. The second-order valence-electron chi connectivity index (χ2n) is 8.31. The van der Waals surface area contributed by atoms with E-state index in [4.69, 9.17) is 11.6 Å². The van der Waals surface area contributed by atoms with Gasteiger partial charge in [-0.2, -0.15) is 13.2 Å². The van der Waals surface area contributed by atoms with Crippen LogP contribution in [0.3, 0.4) is 0 Å². The molecule has 1 aromatic rings. The van der Waals surface area contributed by atoms with Gasteiger partial charge in [0.25, 0.3) is 5.91 Å². The first kappa shape index (κ1) is 23.7. The number of amides is 1. The third-order valence-corrected chi connectivity index (χ3v) is 5.63. The van der Waals surface area contributed by atoms with Gasteiger partial charge < -0.3 is 5.32 Å². The van der Waals surface area contributed by atoms with Crippen LogP contribution in [-0.4, -0.2) is 32.1 Å². The molecule has 1 rings (SSSR count). The van der Waals surface area contributed by atoms with Crippen LogP contribution in [0.25, 0.3) is 0 Å². The van der Waals surface area contributed by atoms with Gasteiger partial charge in [-0.05, 0) is 44.4 Å². The number of carbonyl (C=O) groups is 1. The Morgan fingerprint density at radius 3 is 2.00 bits per heavy atom. The standard InChI is InChI=1S/C17H24ClF3N2O3S/c1-15(2,3)14(17(19,20)21)22-13(24)10-7-8-11(18)12(9-10)27(25,26)23-16(4,5)6/h7-9,14,23H,1-6H3,(H,22,24). The van der Waals surface area contributed by atoms with Gasteiger partial charge in [0.05, 0.1) is 5.02 Å². The Morgan fingerprint density at radius 2 is 1.59 bits per heavy atom. The molecule has 0 aliphatic rings. The Bertz CT molecular complexity index is 796. The molecule has 0 aliphatic heterocycles. The highest BCUT2D eigenvalue weighted by atomic mass is 35.5. The zero-order valence-electron chi connectivity index (χ0n) is 16.0. The van der Waals surface area contributed by atoms with Crippen molar-refractivity contribution in [2.24, 2.45) is 5.41 Å². The summed E-state index contributed by atoms with van der Waals surface area (Å²) in [6.45, 7) is 8.88. The minimum atomic E-state index is -4.66. The van der Waals surface area contributed by atoms with Gasteiger partial charge in [0.15, 0.2) is 0 Å². The molecule has 0 aliphatic carbocycles. The first-order valence-corrected chi connectivity index (χ1v) is 9.92. The fourth-order valence-electron chi connectivity index (χ4n) is 2.31. The van der Waals surface area contributed by atoms with Crippen molar-refractivity contribution in [3.8, 4) is 0 Å². The molecule has 1 aromatic carbocycles. The average molecular weight is 429 g/mol. The van der Waals surface area contributed by atoms with Gasteiger partial charge in [0.1, 0.15) is 10.9 Å². The van der Waals surface area contributed by atoms with E-state index in [0.717, 1.165) is 12.1 Å². The summed E-state index contributed by atoms with van der Waals surface area (Å²) < 4.78 is 67.1. The molecular weight excluding hydrogens is 405 g/mol. The van der Waals surface area contributed by atoms with Crippen molar-refractivity contribution in [2.45, 2.75) is 64.2 Å². The average Bonchev–Trinajstić information content (AvgIpc) is 2.39. The van der Waals surface area contributed by atoms with Crippen LogP contribution in [0.5, 0.6) is 0 Å². The minimum Gasteiger partial charge on any atom is -0.340 e. The lowest BCUT2D eigenvalue weighted by Gasteiger charge is -2.33. The van der Waals surface area contributed by atoms with Crippen molar-refractivity contribution >= 4 is 27.5 Å². The van der Waals surface area contributed by atoms with Crippen molar-refractivity contribution in [2.75, 3.05) is 0 Å². The SMILES string of the molecule is CC(C)(C)NS(=O)(=O)c1cc(C(=O)NC(C(C)(C)C)C(F)(F)F)ccc1Cl. The maximum Gasteiger partial charge on any atom is 0.409 e. The number of sulfonamides is 1. The van der Waals surface area contributed by atoms with Crippen LogP contribution < -0.4 is 10.0 Å². The summed E-state index contributed by atoms with van der Waals surface area (Å²) in [6, 6.07) is 1.18. The van der Waals surface area contributed by atoms with Crippen molar-refractivity contribution in [1.82, 2.24) is 10.0 Å². The Hall–Kier alpha value is -1.32. The molecule has 0 saturated heterocycles. The van der Waals surface area contributed by atoms with E-state index in [1.807, 2.05) is 5.32 Å². The van der Waals surface area contributed by atoms with Gasteiger partial charge in [0.2, 0.25) is 10.0 Å². The summed E-state index contributed by atoms with van der Waals surface area (Å²) in [7, 11) is -4.07. The van der Waals surface area contributed by atoms with Crippen LogP contribution in [0.4, 0.5) is 13.2 Å². The number of hydrogen-bond acceptors (Lipinski definition) is 3. The molecule has 1 atom stereocenters. The van der Waals surface area contributed by atoms with Crippen LogP contribution in [0.2, 0.25) is 5.02 Å². The molecule has 27 heavy (non-hydrogen) atoms. The molecule has 0 fully saturated rings. The first-order chi connectivity index (χ1) is 11.8. The van der Waals surface area contributed by atoms with Crippen LogP contribution in [0.1, 0.15) is 51.9 Å². The van der Waals surface area contributed by atoms with Gasteiger partial charge in [-0.15, -0.1) is 0 Å². The molecule has 0 spiro atoms. The summed E-state index contributed by atoms with van der Waals surface area (Å²) in [5.41, 5.74) is -2.34. The quantitative estimate of drug-likeness (QED) is 0.757. The smallest absolute Gasteiger partial charge is 0.340 e. The van der Waals surface area contributed by atoms with E-state index in [2.05, 4.69) is 4.72 Å². The van der Waals surface area contributed by atoms with Crippen molar-refractivity contribution in [3.05, 3.63) is 28.8 Å². The van der Waals surface area contributed by atoms with Gasteiger partial charge in [-0.25, -0.2) is 13.1 Å². The van der Waals surface area contributed by atoms with Crippen LogP contribution in [0, 0.1) is 5.41 Å². The van der Waals surface area contributed by atoms with Gasteiger partial charge in [0, 0.05) is 11.1 Å². The fourth-order valence-corrected chi connectivity index (χ4v) is 4.26. The van der Waals surface area contributed by atoms with E-state index in [0.29, 0.717) is 0 Å². The summed E-state index contributed by atoms with van der Waals surface area (Å²) in [5, 5.41) is 1.79. The molecule has 1 unspecified atom stereocenters. The van der Waals surface area contributed by atoms with Crippen LogP contribution in [0.15, 0.2) is 23.1 Å². The number of halogens is 4. The number of hydrogen-bond donors (Lipinski definition) is 2. The van der Waals surface area contributed by atoms with E-state index in [9.17, 15) is 26.4 Å². The predicted molar refractivity (Wildman–Crippen MR) is 98.3 cm³/mol. The summed E-state index contributed by atoms with van der Waals surface area (Å²) in [6.07, 6.45) is -4.66. The lowest BCUT2D eigenvalue weighted by atomic mass is 9.86. The Balaban J connectivity index is 3.28. The normalized spacial score (nSPS) is 14.7. The van der Waals surface area contributed by atoms with E-state index in [-0.39, 0.29) is 15.5 Å². The molecule has 2 N–H and O–H groups in total. The highest BCUT2D eigenvalue weighted by molar-refractivity contribution is 7.89.